The summed E-state index contributed by atoms with van der Waals surface area (Å²) >= 11 is 0. The standard InChI is InChI=1S/C9H12N2O2.C5H12/c1-11(9(12)13)7-5-8-4-2-3-6-10-8;1-3-5-4-2/h2-4,6H,5,7H2,1H3,(H,12,13);3-5H2,1-2H3. The fourth-order valence-electron chi connectivity index (χ4n) is 1.28. The molecule has 1 aromatic heterocycles. The first-order valence-corrected chi connectivity index (χ1v) is 6.45. The molecular weight excluding hydrogens is 228 g/mol. The topological polar surface area (TPSA) is 53.4 Å². The number of hydrogen-bond donors (Lipinski definition) is 1. The van der Waals surface area contributed by atoms with Gasteiger partial charge in [0.15, 0.2) is 0 Å². The van der Waals surface area contributed by atoms with Crippen LogP contribution < -0.4 is 0 Å². The lowest BCUT2D eigenvalue weighted by atomic mass is 10.2. The molecule has 1 amide bonds. The van der Waals surface area contributed by atoms with Gasteiger partial charge >= 0.3 is 6.09 Å². The zero-order valence-corrected chi connectivity index (χ0v) is 11.6. The van der Waals surface area contributed by atoms with Crippen LogP contribution in [0.25, 0.3) is 0 Å². The van der Waals surface area contributed by atoms with Crippen molar-refractivity contribution in [3.8, 4) is 0 Å². The van der Waals surface area contributed by atoms with Crippen molar-refractivity contribution in [2.24, 2.45) is 0 Å². The van der Waals surface area contributed by atoms with Gasteiger partial charge < -0.3 is 10.0 Å². The number of hydrogen-bond acceptors (Lipinski definition) is 2. The van der Waals surface area contributed by atoms with E-state index in [9.17, 15) is 4.79 Å². The number of amides is 1. The summed E-state index contributed by atoms with van der Waals surface area (Å²) < 4.78 is 0. The first-order valence-electron chi connectivity index (χ1n) is 6.45. The van der Waals surface area contributed by atoms with Gasteiger partial charge in [0.1, 0.15) is 0 Å². The highest BCUT2D eigenvalue weighted by Gasteiger charge is 2.04. The van der Waals surface area contributed by atoms with E-state index in [1.54, 1.807) is 13.2 Å². The Labute approximate surface area is 110 Å². The smallest absolute Gasteiger partial charge is 0.407 e. The van der Waals surface area contributed by atoms with E-state index in [1.165, 1.54) is 24.2 Å². The zero-order valence-electron chi connectivity index (χ0n) is 11.6. The molecule has 1 heterocycles. The van der Waals surface area contributed by atoms with Crippen molar-refractivity contribution in [1.82, 2.24) is 9.88 Å². The monoisotopic (exact) mass is 252 g/mol. The van der Waals surface area contributed by atoms with Crippen molar-refractivity contribution >= 4 is 6.09 Å². The van der Waals surface area contributed by atoms with Crippen LogP contribution >= 0.6 is 0 Å². The molecule has 0 saturated carbocycles. The summed E-state index contributed by atoms with van der Waals surface area (Å²) in [6.07, 6.45) is 5.53. The van der Waals surface area contributed by atoms with Crippen LogP contribution in [-0.4, -0.2) is 34.7 Å². The first-order chi connectivity index (χ1) is 8.61. The minimum absolute atomic E-state index is 0.479. The van der Waals surface area contributed by atoms with Crippen molar-refractivity contribution in [2.75, 3.05) is 13.6 Å². The van der Waals surface area contributed by atoms with E-state index in [0.29, 0.717) is 13.0 Å². The van der Waals surface area contributed by atoms with Crippen LogP contribution in [0, 0.1) is 0 Å². The molecule has 0 unspecified atom stereocenters. The van der Waals surface area contributed by atoms with Crippen molar-refractivity contribution in [3.63, 3.8) is 0 Å². The Morgan fingerprint density at radius 3 is 2.39 bits per heavy atom. The summed E-state index contributed by atoms with van der Waals surface area (Å²) in [5, 5.41) is 8.57. The largest absolute Gasteiger partial charge is 0.465 e. The summed E-state index contributed by atoms with van der Waals surface area (Å²) in [7, 11) is 1.55. The Bertz CT molecular complexity index is 313. The normalized spacial score (nSPS) is 9.28. The molecule has 4 heteroatoms. The van der Waals surface area contributed by atoms with Crippen molar-refractivity contribution in [2.45, 2.75) is 39.5 Å². The molecule has 0 radical (unpaired) electrons. The van der Waals surface area contributed by atoms with E-state index < -0.39 is 6.09 Å². The average molecular weight is 252 g/mol. The number of aromatic nitrogens is 1. The van der Waals surface area contributed by atoms with Gasteiger partial charge in [0.2, 0.25) is 0 Å². The van der Waals surface area contributed by atoms with Crippen LogP contribution in [0.5, 0.6) is 0 Å². The van der Waals surface area contributed by atoms with Gasteiger partial charge in [-0.1, -0.05) is 39.2 Å². The van der Waals surface area contributed by atoms with Gasteiger partial charge in [-0.3, -0.25) is 4.98 Å². The summed E-state index contributed by atoms with van der Waals surface area (Å²) in [6, 6.07) is 5.61. The number of rotatable bonds is 5. The molecule has 0 aliphatic heterocycles. The maximum atomic E-state index is 10.4. The van der Waals surface area contributed by atoms with Crippen molar-refractivity contribution in [1.29, 1.82) is 0 Å². The second-order valence-corrected chi connectivity index (χ2v) is 4.13. The number of carbonyl (C=O) groups is 1. The maximum Gasteiger partial charge on any atom is 0.407 e. The molecule has 18 heavy (non-hydrogen) atoms. The molecule has 0 bridgehead atoms. The molecule has 0 aromatic carbocycles. The summed E-state index contributed by atoms with van der Waals surface area (Å²) in [6.45, 7) is 4.90. The van der Waals surface area contributed by atoms with Gasteiger partial charge in [-0.2, -0.15) is 0 Å². The van der Waals surface area contributed by atoms with E-state index in [1.807, 2.05) is 18.2 Å². The first kappa shape index (κ1) is 16.4. The van der Waals surface area contributed by atoms with Crippen LogP contribution in [0.15, 0.2) is 24.4 Å². The zero-order chi connectivity index (χ0) is 13.8. The van der Waals surface area contributed by atoms with Gasteiger partial charge in [0, 0.05) is 31.9 Å². The highest BCUT2D eigenvalue weighted by molar-refractivity contribution is 5.64. The molecule has 102 valence electrons. The summed E-state index contributed by atoms with van der Waals surface area (Å²) in [4.78, 5) is 15.8. The van der Waals surface area contributed by atoms with E-state index in [-0.39, 0.29) is 0 Å². The predicted molar refractivity (Wildman–Crippen MR) is 73.8 cm³/mol. The Kier molecular flexibility index (Phi) is 9.64. The second-order valence-electron chi connectivity index (χ2n) is 4.13. The summed E-state index contributed by atoms with van der Waals surface area (Å²) in [5.41, 5.74) is 0.913. The molecule has 0 fully saturated rings. The number of carboxylic acid groups (broad SMARTS) is 1. The van der Waals surface area contributed by atoms with Crippen LogP contribution in [-0.2, 0) is 6.42 Å². The van der Waals surface area contributed by atoms with Crippen LogP contribution in [0.2, 0.25) is 0 Å². The quantitative estimate of drug-likeness (QED) is 0.873. The summed E-state index contributed by atoms with van der Waals surface area (Å²) in [5.74, 6) is 0. The van der Waals surface area contributed by atoms with E-state index in [2.05, 4.69) is 18.8 Å². The van der Waals surface area contributed by atoms with Gasteiger partial charge in [0.05, 0.1) is 0 Å². The fraction of sp³-hybridized carbons (Fsp3) is 0.571. The van der Waals surface area contributed by atoms with Crippen LogP contribution in [0.1, 0.15) is 38.8 Å². The Hall–Kier alpha value is -1.58. The second kappa shape index (κ2) is 10.6. The van der Waals surface area contributed by atoms with Crippen LogP contribution in [0.4, 0.5) is 4.79 Å². The molecule has 0 aliphatic rings. The number of nitrogens with zero attached hydrogens (tertiary/aromatic N) is 2. The van der Waals surface area contributed by atoms with Gasteiger partial charge in [-0.05, 0) is 12.1 Å². The Morgan fingerprint density at radius 1 is 1.33 bits per heavy atom. The van der Waals surface area contributed by atoms with Gasteiger partial charge in [0.25, 0.3) is 0 Å². The van der Waals surface area contributed by atoms with Crippen molar-refractivity contribution < 1.29 is 9.90 Å². The molecule has 0 spiro atoms. The highest BCUT2D eigenvalue weighted by Crippen LogP contribution is 1.96. The van der Waals surface area contributed by atoms with Crippen molar-refractivity contribution in [3.05, 3.63) is 30.1 Å². The van der Waals surface area contributed by atoms with Gasteiger partial charge in [-0.25, -0.2) is 4.79 Å². The minimum Gasteiger partial charge on any atom is -0.465 e. The Morgan fingerprint density at radius 2 is 2.00 bits per heavy atom. The molecule has 1 N–H and O–H groups in total. The SMILES string of the molecule is CCCCC.CN(CCc1ccccn1)C(=O)O. The maximum absolute atomic E-state index is 10.4. The van der Waals surface area contributed by atoms with Crippen LogP contribution in [0.3, 0.4) is 0 Å². The van der Waals surface area contributed by atoms with E-state index >= 15 is 0 Å². The molecule has 1 rings (SSSR count). The average Bonchev–Trinajstić information content (AvgIpc) is 2.38. The lowest BCUT2D eigenvalue weighted by Crippen LogP contribution is -2.27. The molecular formula is C14H24N2O2. The third-order valence-electron chi connectivity index (χ3n) is 2.46. The lowest BCUT2D eigenvalue weighted by Gasteiger charge is -2.11. The lowest BCUT2D eigenvalue weighted by molar-refractivity contribution is 0.156. The molecule has 0 atom stereocenters. The molecule has 0 saturated heterocycles. The number of likely N-dealkylation sites (N-methyl/N-ethyl adjacent to an activating group) is 1. The third-order valence-corrected chi connectivity index (χ3v) is 2.46. The van der Waals surface area contributed by atoms with E-state index in [4.69, 9.17) is 5.11 Å². The van der Waals surface area contributed by atoms with Gasteiger partial charge in [-0.15, -0.1) is 0 Å². The molecule has 4 nitrogen and oxygen atoms in total. The molecule has 0 aliphatic carbocycles. The minimum atomic E-state index is -0.907. The number of unbranched alkanes of at least 4 members (excludes halogenated alkanes) is 2. The Balaban J connectivity index is 0.000000494. The molecule has 1 aromatic rings. The highest BCUT2D eigenvalue weighted by atomic mass is 16.4. The third kappa shape index (κ3) is 8.56. The number of pyridine rings is 1. The fourth-order valence-corrected chi connectivity index (χ4v) is 1.28. The predicted octanol–water partition coefficient (Wildman–Crippen LogP) is 3.43. The van der Waals surface area contributed by atoms with E-state index in [0.717, 1.165) is 5.69 Å².